The number of benzene rings is 2. The molecule has 1 aliphatic heterocycles. The van der Waals surface area contributed by atoms with Gasteiger partial charge in [-0.25, -0.2) is 4.79 Å². The Morgan fingerprint density at radius 3 is 2.55 bits per heavy atom. The summed E-state index contributed by atoms with van der Waals surface area (Å²) in [5.41, 5.74) is 0.818. The van der Waals surface area contributed by atoms with Gasteiger partial charge in [0.25, 0.3) is 0 Å². The van der Waals surface area contributed by atoms with E-state index in [0.29, 0.717) is 35.6 Å². The Labute approximate surface area is 220 Å². The lowest BCUT2D eigenvalue weighted by Crippen LogP contribution is -2.42. The third-order valence-electron chi connectivity index (χ3n) is 7.49. The monoisotopic (exact) mass is 534 g/mol. The van der Waals surface area contributed by atoms with Crippen molar-refractivity contribution in [2.45, 2.75) is 52.0 Å². The van der Waals surface area contributed by atoms with E-state index in [2.05, 4.69) is 19.2 Å². The highest BCUT2D eigenvalue weighted by molar-refractivity contribution is 5.92. The summed E-state index contributed by atoms with van der Waals surface area (Å²) in [6, 6.07) is 8.76. The molecule has 1 fully saturated rings. The maximum absolute atomic E-state index is 13.6. The van der Waals surface area contributed by atoms with Gasteiger partial charge in [-0.15, -0.1) is 0 Å². The van der Waals surface area contributed by atoms with Gasteiger partial charge in [0.2, 0.25) is 5.91 Å². The number of methoxy groups -OCH3 is 2. The molecule has 7 nitrogen and oxygen atoms in total. The van der Waals surface area contributed by atoms with Crippen molar-refractivity contribution in [3.8, 4) is 11.5 Å². The normalized spacial score (nSPS) is 21.2. The van der Waals surface area contributed by atoms with Crippen molar-refractivity contribution in [1.29, 1.82) is 0 Å². The average molecular weight is 535 g/mol. The van der Waals surface area contributed by atoms with Crippen LogP contribution in [-0.2, 0) is 28.8 Å². The van der Waals surface area contributed by atoms with Gasteiger partial charge in [-0.2, -0.15) is 13.2 Å². The molecule has 1 aliphatic carbocycles. The second kappa shape index (κ2) is 11.2. The van der Waals surface area contributed by atoms with Gasteiger partial charge in [0.15, 0.2) is 6.73 Å². The van der Waals surface area contributed by atoms with Crippen LogP contribution in [0.25, 0.3) is 0 Å². The smallest absolute Gasteiger partial charge is 0.416 e. The third-order valence-corrected chi connectivity index (χ3v) is 7.49. The molecule has 0 aromatic heterocycles. The van der Waals surface area contributed by atoms with Crippen molar-refractivity contribution < 1.29 is 37.0 Å². The number of amides is 1. The molecule has 0 bridgehead atoms. The zero-order chi connectivity index (χ0) is 27.6. The number of esters is 1. The fraction of sp³-hybridized carbons (Fsp3) is 0.500. The fourth-order valence-corrected chi connectivity index (χ4v) is 5.45. The van der Waals surface area contributed by atoms with Crippen molar-refractivity contribution in [3.05, 3.63) is 58.7 Å². The first kappa shape index (κ1) is 27.8. The minimum atomic E-state index is -4.46. The lowest BCUT2D eigenvalue weighted by molar-refractivity contribution is -0.142. The molecule has 2 aromatic carbocycles. The number of halogens is 3. The number of ether oxygens (including phenoxy) is 3. The first-order chi connectivity index (χ1) is 18.0. The molecule has 38 heavy (non-hydrogen) atoms. The zero-order valence-corrected chi connectivity index (χ0v) is 21.9. The summed E-state index contributed by atoms with van der Waals surface area (Å²) in [7, 11) is 2.80. The van der Waals surface area contributed by atoms with Gasteiger partial charge < -0.3 is 24.4 Å². The van der Waals surface area contributed by atoms with E-state index in [1.807, 2.05) is 6.07 Å². The molecule has 2 aromatic rings. The van der Waals surface area contributed by atoms with Crippen LogP contribution in [0, 0.1) is 17.8 Å². The van der Waals surface area contributed by atoms with E-state index in [0.717, 1.165) is 24.1 Å². The van der Waals surface area contributed by atoms with Gasteiger partial charge in [-0.3, -0.25) is 4.79 Å². The van der Waals surface area contributed by atoms with E-state index in [-0.39, 0.29) is 43.0 Å². The average Bonchev–Trinajstić information content (AvgIpc) is 3.34. The van der Waals surface area contributed by atoms with Gasteiger partial charge in [0.05, 0.1) is 26.3 Å². The topological polar surface area (TPSA) is 77.1 Å². The van der Waals surface area contributed by atoms with Gasteiger partial charge >= 0.3 is 12.1 Å². The second-order valence-electron chi connectivity index (χ2n) is 10.2. The number of carbonyl (C=O) groups excluding carboxylic acids is 2. The summed E-state index contributed by atoms with van der Waals surface area (Å²) in [5, 5.41) is 3.51. The van der Waals surface area contributed by atoms with Gasteiger partial charge in [0, 0.05) is 24.1 Å². The first-order valence-electron chi connectivity index (χ1n) is 12.6. The van der Waals surface area contributed by atoms with E-state index in [1.54, 1.807) is 12.1 Å². The van der Waals surface area contributed by atoms with Gasteiger partial charge in [0.1, 0.15) is 17.1 Å². The van der Waals surface area contributed by atoms with Crippen molar-refractivity contribution in [1.82, 2.24) is 10.2 Å². The van der Waals surface area contributed by atoms with Crippen LogP contribution >= 0.6 is 0 Å². The molecule has 1 N–H and O–H groups in total. The van der Waals surface area contributed by atoms with E-state index in [1.165, 1.54) is 25.2 Å². The van der Waals surface area contributed by atoms with Crippen LogP contribution in [0.1, 0.15) is 53.7 Å². The molecular weight excluding hydrogens is 501 g/mol. The van der Waals surface area contributed by atoms with Crippen molar-refractivity contribution in [3.63, 3.8) is 0 Å². The summed E-state index contributed by atoms with van der Waals surface area (Å²) < 4.78 is 55.3. The molecule has 1 saturated carbocycles. The molecule has 0 saturated heterocycles. The maximum atomic E-state index is 13.6. The Morgan fingerprint density at radius 2 is 1.89 bits per heavy atom. The van der Waals surface area contributed by atoms with Crippen molar-refractivity contribution >= 4 is 11.9 Å². The van der Waals surface area contributed by atoms with Gasteiger partial charge in [-0.1, -0.05) is 19.9 Å². The lowest BCUT2D eigenvalue weighted by atomic mass is 9.85. The highest BCUT2D eigenvalue weighted by atomic mass is 19.4. The number of carbonyl (C=O) groups is 2. The van der Waals surface area contributed by atoms with Crippen LogP contribution in [0.4, 0.5) is 13.2 Å². The number of alkyl halides is 3. The van der Waals surface area contributed by atoms with Crippen LogP contribution in [0.2, 0.25) is 0 Å². The molecule has 1 unspecified atom stereocenters. The van der Waals surface area contributed by atoms with E-state index in [9.17, 15) is 22.8 Å². The SMILES string of the molecule is COC(=O)c1cc(CN[C@@H]2CC(C(C)C)[C@H](C(=O)N3COc4ccc(C(F)(F)F)cc4C3)C2)ccc1OC. The predicted octanol–water partition coefficient (Wildman–Crippen LogP) is 5.02. The Bertz CT molecular complexity index is 1180. The summed E-state index contributed by atoms with van der Waals surface area (Å²) in [6.45, 7) is 4.75. The predicted molar refractivity (Wildman–Crippen MR) is 134 cm³/mol. The third kappa shape index (κ3) is 5.90. The molecule has 10 heteroatoms. The zero-order valence-electron chi connectivity index (χ0n) is 21.9. The number of fused-ring (bicyclic) bond motifs is 1. The molecule has 1 heterocycles. The molecule has 4 rings (SSSR count). The molecule has 2 aliphatic rings. The Hall–Kier alpha value is -3.27. The first-order valence-corrected chi connectivity index (χ1v) is 12.6. The highest BCUT2D eigenvalue weighted by Crippen LogP contribution is 2.40. The number of hydrogen-bond acceptors (Lipinski definition) is 6. The quantitative estimate of drug-likeness (QED) is 0.503. The van der Waals surface area contributed by atoms with Crippen LogP contribution in [0.5, 0.6) is 11.5 Å². The number of hydrogen-bond donors (Lipinski definition) is 1. The number of nitrogens with zero attached hydrogens (tertiary/aromatic N) is 1. The van der Waals surface area contributed by atoms with Crippen molar-refractivity contribution in [2.75, 3.05) is 21.0 Å². The molecule has 0 radical (unpaired) electrons. The maximum Gasteiger partial charge on any atom is 0.416 e. The van der Waals surface area contributed by atoms with Crippen LogP contribution < -0.4 is 14.8 Å². The molecule has 1 amide bonds. The van der Waals surface area contributed by atoms with Crippen LogP contribution in [-0.4, -0.2) is 43.8 Å². The molecule has 0 spiro atoms. The fourth-order valence-electron chi connectivity index (χ4n) is 5.45. The molecular formula is C28H33F3N2O5. The Balaban J connectivity index is 1.44. The number of nitrogens with one attached hydrogen (secondary N) is 1. The second-order valence-corrected chi connectivity index (χ2v) is 10.2. The highest BCUT2D eigenvalue weighted by Gasteiger charge is 2.42. The summed E-state index contributed by atoms with van der Waals surface area (Å²) in [5.74, 6) is 0.307. The Kier molecular flexibility index (Phi) is 8.20. The standard InChI is InChI=1S/C28H33F3N2O5/c1-16(2)21-11-20(32-13-17-5-7-25(36-3)23(9-17)27(35)37-4)12-22(21)26(34)33-14-18-10-19(28(29,30)31)6-8-24(18)38-15-33/h5-10,16,20-22,32H,11-15H2,1-4H3/t20-,21?,22-/m1/s1. The minimum absolute atomic E-state index is 0.0127. The van der Waals surface area contributed by atoms with E-state index < -0.39 is 17.7 Å². The van der Waals surface area contributed by atoms with Crippen LogP contribution in [0.15, 0.2) is 36.4 Å². The number of rotatable bonds is 7. The Morgan fingerprint density at radius 1 is 1.13 bits per heavy atom. The lowest BCUT2D eigenvalue weighted by Gasteiger charge is -2.33. The molecule has 3 atom stereocenters. The summed E-state index contributed by atoms with van der Waals surface area (Å²) in [6.07, 6.45) is -3.07. The summed E-state index contributed by atoms with van der Waals surface area (Å²) >= 11 is 0. The largest absolute Gasteiger partial charge is 0.496 e. The summed E-state index contributed by atoms with van der Waals surface area (Å²) in [4.78, 5) is 27.2. The van der Waals surface area contributed by atoms with Crippen molar-refractivity contribution in [2.24, 2.45) is 17.8 Å². The minimum Gasteiger partial charge on any atom is -0.496 e. The van der Waals surface area contributed by atoms with E-state index in [4.69, 9.17) is 14.2 Å². The van der Waals surface area contributed by atoms with E-state index >= 15 is 0 Å². The van der Waals surface area contributed by atoms with Crippen LogP contribution in [0.3, 0.4) is 0 Å². The molecule has 206 valence electrons. The van der Waals surface area contributed by atoms with Gasteiger partial charge in [-0.05, 0) is 60.6 Å².